The summed E-state index contributed by atoms with van der Waals surface area (Å²) in [5, 5.41) is 3.86. The molecular formula is C21H21F2N3O4S. The smallest absolute Gasteiger partial charge is 0.246 e. The number of methoxy groups -OCH3 is 1. The molecule has 1 saturated heterocycles. The number of benzene rings is 2. The fraction of sp³-hybridized carbons (Fsp3) is 0.333. The summed E-state index contributed by atoms with van der Waals surface area (Å²) in [6.07, 6.45) is 0.986. The molecule has 3 aromatic rings. The summed E-state index contributed by atoms with van der Waals surface area (Å²) in [6.45, 7) is 2.39. The van der Waals surface area contributed by atoms with Crippen LogP contribution in [0.1, 0.15) is 30.2 Å². The van der Waals surface area contributed by atoms with Crippen LogP contribution in [0.5, 0.6) is 5.75 Å². The minimum Gasteiger partial charge on any atom is -0.495 e. The summed E-state index contributed by atoms with van der Waals surface area (Å²) in [7, 11) is -2.27. The quantitative estimate of drug-likeness (QED) is 0.587. The summed E-state index contributed by atoms with van der Waals surface area (Å²) in [4.78, 5) is 4.45. The van der Waals surface area contributed by atoms with Gasteiger partial charge in [0, 0.05) is 24.6 Å². The minimum atomic E-state index is -3.72. The molecule has 0 atom stereocenters. The van der Waals surface area contributed by atoms with Crippen LogP contribution < -0.4 is 4.74 Å². The van der Waals surface area contributed by atoms with Gasteiger partial charge in [0.05, 0.1) is 7.11 Å². The molecule has 2 aromatic carbocycles. The van der Waals surface area contributed by atoms with E-state index in [1.165, 1.54) is 17.5 Å². The topological polar surface area (TPSA) is 85.5 Å². The molecule has 1 fully saturated rings. The lowest BCUT2D eigenvalue weighted by atomic mass is 9.98. The number of sulfonamides is 1. The molecule has 0 N–H and O–H groups in total. The molecule has 1 aliphatic heterocycles. The average Bonchev–Trinajstić information content (AvgIpc) is 3.26. The maximum Gasteiger partial charge on any atom is 0.246 e. The van der Waals surface area contributed by atoms with Crippen molar-refractivity contribution in [1.82, 2.24) is 14.4 Å². The third kappa shape index (κ3) is 4.17. The van der Waals surface area contributed by atoms with Crippen molar-refractivity contribution < 1.29 is 26.5 Å². The van der Waals surface area contributed by atoms with Crippen molar-refractivity contribution in [2.45, 2.75) is 30.6 Å². The van der Waals surface area contributed by atoms with Crippen molar-refractivity contribution in [2.24, 2.45) is 0 Å². The predicted octanol–water partition coefficient (Wildman–Crippen LogP) is 3.90. The number of aryl methyl sites for hydroxylation is 1. The maximum absolute atomic E-state index is 13.5. The molecule has 0 bridgehead atoms. The first-order valence-electron chi connectivity index (χ1n) is 9.73. The van der Waals surface area contributed by atoms with Gasteiger partial charge in [0.15, 0.2) is 11.6 Å². The highest BCUT2D eigenvalue weighted by molar-refractivity contribution is 7.89. The highest BCUT2D eigenvalue weighted by Gasteiger charge is 2.34. The number of halogens is 2. The first kappa shape index (κ1) is 21.4. The van der Waals surface area contributed by atoms with E-state index in [0.717, 1.165) is 17.7 Å². The van der Waals surface area contributed by atoms with Crippen LogP contribution in [0.4, 0.5) is 8.78 Å². The van der Waals surface area contributed by atoms with Gasteiger partial charge >= 0.3 is 0 Å². The summed E-state index contributed by atoms with van der Waals surface area (Å²) < 4.78 is 64.9. The minimum absolute atomic E-state index is 0.127. The fourth-order valence-electron chi connectivity index (χ4n) is 3.62. The number of nitrogens with zero attached hydrogens (tertiary/aromatic N) is 3. The van der Waals surface area contributed by atoms with Gasteiger partial charge < -0.3 is 9.26 Å². The van der Waals surface area contributed by atoms with Crippen LogP contribution in [-0.4, -0.2) is 43.1 Å². The van der Waals surface area contributed by atoms with E-state index < -0.39 is 21.7 Å². The molecule has 0 aliphatic carbocycles. The van der Waals surface area contributed by atoms with Gasteiger partial charge in [-0.2, -0.15) is 9.29 Å². The zero-order chi connectivity index (χ0) is 22.2. The van der Waals surface area contributed by atoms with E-state index in [4.69, 9.17) is 9.26 Å². The zero-order valence-corrected chi connectivity index (χ0v) is 17.8. The van der Waals surface area contributed by atoms with Crippen LogP contribution in [0.25, 0.3) is 11.4 Å². The van der Waals surface area contributed by atoms with E-state index >= 15 is 0 Å². The van der Waals surface area contributed by atoms with Crippen molar-refractivity contribution in [3.8, 4) is 17.1 Å². The Kier molecular flexibility index (Phi) is 5.76. The molecule has 0 saturated carbocycles. The monoisotopic (exact) mass is 449 g/mol. The van der Waals surface area contributed by atoms with Crippen LogP contribution >= 0.6 is 0 Å². The third-order valence-electron chi connectivity index (χ3n) is 5.36. The largest absolute Gasteiger partial charge is 0.495 e. The van der Waals surface area contributed by atoms with Crippen molar-refractivity contribution in [3.05, 3.63) is 59.5 Å². The van der Waals surface area contributed by atoms with Gasteiger partial charge in [-0.05, 0) is 55.7 Å². The van der Waals surface area contributed by atoms with E-state index in [2.05, 4.69) is 10.1 Å². The van der Waals surface area contributed by atoms with Crippen LogP contribution in [0.2, 0.25) is 0 Å². The molecular weight excluding hydrogens is 428 g/mol. The molecule has 0 unspecified atom stereocenters. The van der Waals surface area contributed by atoms with Crippen LogP contribution in [0.15, 0.2) is 45.8 Å². The first-order valence-corrected chi connectivity index (χ1v) is 11.2. The van der Waals surface area contributed by atoms with E-state index in [0.29, 0.717) is 30.0 Å². The van der Waals surface area contributed by atoms with Crippen molar-refractivity contribution >= 4 is 10.0 Å². The zero-order valence-electron chi connectivity index (χ0n) is 17.0. The summed E-state index contributed by atoms with van der Waals surface area (Å²) in [5.74, 6) is -1.25. The molecule has 164 valence electrons. The second kappa shape index (κ2) is 8.35. The normalized spacial score (nSPS) is 15.9. The Morgan fingerprint density at radius 3 is 2.52 bits per heavy atom. The number of rotatable bonds is 5. The second-order valence-corrected chi connectivity index (χ2v) is 9.32. The lowest BCUT2D eigenvalue weighted by Gasteiger charge is -2.30. The molecule has 4 rings (SSSR count). The first-order chi connectivity index (χ1) is 14.8. The standard InChI is InChI=1S/C21H21F2N3O4S/c1-13-3-6-18(29-2)19(11-13)31(27,28)26-9-7-14(8-10-26)21-24-20(25-30-21)15-4-5-16(22)17(23)12-15/h3-6,11-12,14H,7-10H2,1-2H3. The highest BCUT2D eigenvalue weighted by Crippen LogP contribution is 2.34. The summed E-state index contributed by atoms with van der Waals surface area (Å²) >= 11 is 0. The van der Waals surface area contributed by atoms with Crippen molar-refractivity contribution in [3.63, 3.8) is 0 Å². The van der Waals surface area contributed by atoms with Gasteiger partial charge in [0.25, 0.3) is 0 Å². The number of piperidine rings is 1. The van der Waals surface area contributed by atoms with Gasteiger partial charge in [0.1, 0.15) is 10.6 Å². The fourth-order valence-corrected chi connectivity index (χ4v) is 5.33. The lowest BCUT2D eigenvalue weighted by Crippen LogP contribution is -2.38. The van der Waals surface area contributed by atoms with Gasteiger partial charge in [-0.3, -0.25) is 0 Å². The van der Waals surface area contributed by atoms with Gasteiger partial charge in [-0.1, -0.05) is 11.2 Å². The Hall–Kier alpha value is -2.85. The molecule has 10 heteroatoms. The Bertz CT molecular complexity index is 1210. The Balaban J connectivity index is 1.49. The Morgan fingerprint density at radius 1 is 1.10 bits per heavy atom. The average molecular weight is 449 g/mol. The van der Waals surface area contributed by atoms with Gasteiger partial charge in [0.2, 0.25) is 21.7 Å². The lowest BCUT2D eigenvalue weighted by molar-refractivity contribution is 0.270. The number of ether oxygens (including phenoxy) is 1. The van der Waals surface area contributed by atoms with Crippen LogP contribution in [-0.2, 0) is 10.0 Å². The number of aromatic nitrogens is 2. The van der Waals surface area contributed by atoms with Gasteiger partial charge in [-0.25, -0.2) is 17.2 Å². The molecule has 7 nitrogen and oxygen atoms in total. The Morgan fingerprint density at radius 2 is 1.84 bits per heavy atom. The molecule has 1 aromatic heterocycles. The summed E-state index contributed by atoms with van der Waals surface area (Å²) in [5.41, 5.74) is 1.13. The molecule has 31 heavy (non-hydrogen) atoms. The third-order valence-corrected chi connectivity index (χ3v) is 7.28. The van der Waals surface area contributed by atoms with Crippen LogP contribution in [0.3, 0.4) is 0 Å². The van der Waals surface area contributed by atoms with E-state index in [1.54, 1.807) is 18.2 Å². The van der Waals surface area contributed by atoms with Crippen LogP contribution in [0, 0.1) is 18.6 Å². The Labute approximate surface area is 178 Å². The van der Waals surface area contributed by atoms with E-state index in [9.17, 15) is 17.2 Å². The molecule has 0 radical (unpaired) electrons. The molecule has 0 spiro atoms. The van der Waals surface area contributed by atoms with E-state index in [1.807, 2.05) is 6.92 Å². The van der Waals surface area contributed by atoms with E-state index in [-0.39, 0.29) is 29.7 Å². The number of hydrogen-bond donors (Lipinski definition) is 0. The number of hydrogen-bond acceptors (Lipinski definition) is 6. The molecule has 2 heterocycles. The predicted molar refractivity (Wildman–Crippen MR) is 108 cm³/mol. The molecule has 1 aliphatic rings. The van der Waals surface area contributed by atoms with Crippen molar-refractivity contribution in [1.29, 1.82) is 0 Å². The SMILES string of the molecule is COc1ccc(C)cc1S(=O)(=O)N1CCC(c2nc(-c3ccc(F)c(F)c3)no2)CC1. The molecule has 0 amide bonds. The highest BCUT2D eigenvalue weighted by atomic mass is 32.2. The maximum atomic E-state index is 13.5. The second-order valence-electron chi connectivity index (χ2n) is 7.42. The van der Waals surface area contributed by atoms with Crippen molar-refractivity contribution in [2.75, 3.05) is 20.2 Å². The van der Waals surface area contributed by atoms with Gasteiger partial charge in [-0.15, -0.1) is 0 Å². The summed E-state index contributed by atoms with van der Waals surface area (Å²) in [6, 6.07) is 8.43.